The van der Waals surface area contributed by atoms with Crippen molar-refractivity contribution in [1.82, 2.24) is 24.9 Å². The van der Waals surface area contributed by atoms with Gasteiger partial charge in [-0.15, -0.1) is 0 Å². The van der Waals surface area contributed by atoms with E-state index in [4.69, 9.17) is 15.1 Å². The number of hydrogen-bond acceptors (Lipinski definition) is 8. The summed E-state index contributed by atoms with van der Waals surface area (Å²) in [6.07, 6.45) is 2.70. The summed E-state index contributed by atoms with van der Waals surface area (Å²) >= 11 is 1.33. The van der Waals surface area contributed by atoms with Crippen molar-refractivity contribution >= 4 is 33.6 Å². The maximum atomic E-state index is 13.4. The van der Waals surface area contributed by atoms with Crippen LogP contribution in [0.15, 0.2) is 36.5 Å². The molecule has 8 nitrogen and oxygen atoms in total. The van der Waals surface area contributed by atoms with Gasteiger partial charge in [-0.25, -0.2) is 18.9 Å². The Morgan fingerprint density at radius 2 is 1.91 bits per heavy atom. The molecule has 1 aromatic carbocycles. The van der Waals surface area contributed by atoms with Crippen LogP contribution in [-0.4, -0.2) is 52.3 Å². The van der Waals surface area contributed by atoms with Gasteiger partial charge in [-0.3, -0.25) is 0 Å². The van der Waals surface area contributed by atoms with Crippen LogP contribution >= 0.6 is 11.3 Å². The fourth-order valence-electron chi connectivity index (χ4n) is 4.23. The highest BCUT2D eigenvalue weighted by atomic mass is 32.1. The predicted octanol–water partition coefficient (Wildman–Crippen LogP) is 3.99. The van der Waals surface area contributed by atoms with Gasteiger partial charge in [0.2, 0.25) is 0 Å². The normalized spacial score (nSPS) is 13.9. The van der Waals surface area contributed by atoms with Gasteiger partial charge in [0.25, 0.3) is 0 Å². The zero-order chi connectivity index (χ0) is 23.7. The molecule has 0 atom stereocenters. The highest BCUT2D eigenvalue weighted by molar-refractivity contribution is 7.16. The van der Waals surface area contributed by atoms with Crippen LogP contribution in [-0.2, 0) is 6.42 Å². The fraction of sp³-hybridized carbons (Fsp3) is 0.333. The first-order valence-electron chi connectivity index (χ1n) is 11.4. The van der Waals surface area contributed by atoms with Gasteiger partial charge in [-0.2, -0.15) is 10.4 Å². The molecule has 1 aliphatic heterocycles. The van der Waals surface area contributed by atoms with Gasteiger partial charge in [-0.1, -0.05) is 18.3 Å². The first-order chi connectivity index (χ1) is 16.6. The Hall–Kier alpha value is -3.55. The molecule has 1 aliphatic rings. The number of halogens is 1. The van der Waals surface area contributed by atoms with Crippen molar-refractivity contribution in [3.05, 3.63) is 52.9 Å². The number of piperazine rings is 1. The molecule has 0 spiro atoms. The summed E-state index contributed by atoms with van der Waals surface area (Å²) in [6, 6.07) is 10.3. The Bertz CT molecular complexity index is 1350. The van der Waals surface area contributed by atoms with Crippen LogP contribution in [0.3, 0.4) is 0 Å². The van der Waals surface area contributed by atoms with Gasteiger partial charge in [0, 0.05) is 44.5 Å². The molecule has 0 amide bonds. The average molecular weight is 477 g/mol. The third kappa shape index (κ3) is 3.97. The van der Waals surface area contributed by atoms with Gasteiger partial charge in [0.15, 0.2) is 10.8 Å². The zero-order valence-electron chi connectivity index (χ0n) is 19.1. The second-order valence-corrected chi connectivity index (χ2v) is 8.95. The Morgan fingerprint density at radius 1 is 1.15 bits per heavy atom. The molecule has 0 bridgehead atoms. The number of anilines is 3. The lowest BCUT2D eigenvalue weighted by Gasteiger charge is -2.28. The fourth-order valence-corrected chi connectivity index (χ4v) is 5.19. The van der Waals surface area contributed by atoms with E-state index in [2.05, 4.69) is 28.1 Å². The Balaban J connectivity index is 1.61. The molecule has 1 saturated heterocycles. The first kappa shape index (κ1) is 22.3. The first-order valence-corrected chi connectivity index (χ1v) is 12.2. The lowest BCUT2D eigenvalue weighted by atomic mass is 10.1. The minimum Gasteiger partial charge on any atom is -0.354 e. The van der Waals surface area contributed by atoms with Crippen molar-refractivity contribution in [1.29, 1.82) is 5.26 Å². The number of aromatic nitrogens is 4. The molecule has 1 fully saturated rings. The van der Waals surface area contributed by atoms with E-state index >= 15 is 0 Å². The van der Waals surface area contributed by atoms with Gasteiger partial charge < -0.3 is 15.1 Å². The number of aryl methyl sites for hydroxylation is 1. The van der Waals surface area contributed by atoms with E-state index in [1.807, 2.05) is 23.7 Å². The van der Waals surface area contributed by atoms with Crippen molar-refractivity contribution in [2.45, 2.75) is 20.3 Å². The number of thiazole rings is 1. The number of hydrogen-bond donors (Lipinski definition) is 1. The van der Waals surface area contributed by atoms with Crippen molar-refractivity contribution in [3.63, 3.8) is 0 Å². The quantitative estimate of drug-likeness (QED) is 0.450. The van der Waals surface area contributed by atoms with Crippen molar-refractivity contribution in [2.75, 3.05) is 42.5 Å². The summed E-state index contributed by atoms with van der Waals surface area (Å²) in [5.41, 5.74) is 3.87. The van der Waals surface area contributed by atoms with Crippen LogP contribution in [0.4, 0.5) is 21.0 Å². The lowest BCUT2D eigenvalue weighted by Crippen LogP contribution is -2.43. The maximum absolute atomic E-state index is 13.4. The molecule has 5 rings (SSSR count). The van der Waals surface area contributed by atoms with E-state index in [0.29, 0.717) is 27.8 Å². The number of nitriles is 1. The van der Waals surface area contributed by atoms with Gasteiger partial charge in [0.05, 0.1) is 5.69 Å². The lowest BCUT2D eigenvalue weighted by molar-refractivity contribution is 0.585. The van der Waals surface area contributed by atoms with Gasteiger partial charge in [-0.05, 0) is 43.7 Å². The Kier molecular flexibility index (Phi) is 6.13. The summed E-state index contributed by atoms with van der Waals surface area (Å²) < 4.78 is 15.3. The van der Waals surface area contributed by atoms with E-state index < -0.39 is 0 Å². The predicted molar refractivity (Wildman–Crippen MR) is 132 cm³/mol. The number of nitrogens with one attached hydrogen (secondary N) is 1. The van der Waals surface area contributed by atoms with E-state index in [0.717, 1.165) is 55.4 Å². The van der Waals surface area contributed by atoms with Crippen molar-refractivity contribution in [2.24, 2.45) is 0 Å². The van der Waals surface area contributed by atoms with E-state index in [1.54, 1.807) is 12.1 Å². The van der Waals surface area contributed by atoms with Crippen LogP contribution < -0.4 is 15.1 Å². The SMILES string of the molecule is CCc1nn2ccc(N3CCNCC3)nc2c1N(CC)c1nc(-c2ccc(F)cc2)c(C#N)s1. The highest BCUT2D eigenvalue weighted by Crippen LogP contribution is 2.39. The molecular formula is C24H25FN8S. The number of rotatable bonds is 6. The Morgan fingerprint density at radius 3 is 2.59 bits per heavy atom. The van der Waals surface area contributed by atoms with E-state index in [9.17, 15) is 9.65 Å². The second kappa shape index (κ2) is 9.37. The van der Waals surface area contributed by atoms with Crippen LogP contribution in [0.5, 0.6) is 0 Å². The second-order valence-electron chi connectivity index (χ2n) is 7.98. The summed E-state index contributed by atoms with van der Waals surface area (Å²) in [4.78, 5) is 14.7. The molecule has 10 heteroatoms. The van der Waals surface area contributed by atoms with Crippen LogP contribution in [0.2, 0.25) is 0 Å². The van der Waals surface area contributed by atoms with Crippen molar-refractivity contribution in [3.8, 4) is 17.3 Å². The summed E-state index contributed by atoms with van der Waals surface area (Å²) in [5.74, 6) is 0.607. The van der Waals surface area contributed by atoms with Crippen LogP contribution in [0.25, 0.3) is 16.9 Å². The van der Waals surface area contributed by atoms with E-state index in [1.165, 1.54) is 23.5 Å². The summed E-state index contributed by atoms with van der Waals surface area (Å²) in [6.45, 7) is 8.44. The van der Waals surface area contributed by atoms with Crippen LogP contribution in [0.1, 0.15) is 24.4 Å². The van der Waals surface area contributed by atoms with Gasteiger partial charge in [0.1, 0.15) is 34.0 Å². The number of nitrogens with zero attached hydrogens (tertiary/aromatic N) is 7. The molecule has 4 aromatic rings. The molecule has 0 aliphatic carbocycles. The molecule has 174 valence electrons. The zero-order valence-corrected chi connectivity index (χ0v) is 19.9. The number of benzene rings is 1. The maximum Gasteiger partial charge on any atom is 0.191 e. The molecule has 3 aromatic heterocycles. The molecule has 34 heavy (non-hydrogen) atoms. The number of fused-ring (bicyclic) bond motifs is 1. The smallest absolute Gasteiger partial charge is 0.191 e. The monoisotopic (exact) mass is 476 g/mol. The Labute approximate surface area is 201 Å². The summed E-state index contributed by atoms with van der Waals surface area (Å²) in [7, 11) is 0. The molecule has 0 saturated carbocycles. The van der Waals surface area contributed by atoms with Crippen molar-refractivity contribution < 1.29 is 4.39 Å². The molecule has 1 N–H and O–H groups in total. The molecule has 0 radical (unpaired) electrons. The van der Waals surface area contributed by atoms with E-state index in [-0.39, 0.29) is 5.82 Å². The topological polar surface area (TPSA) is 85.4 Å². The van der Waals surface area contributed by atoms with Crippen LogP contribution in [0, 0.1) is 17.1 Å². The highest BCUT2D eigenvalue weighted by Gasteiger charge is 2.25. The summed E-state index contributed by atoms with van der Waals surface area (Å²) in [5, 5.41) is 18.6. The van der Waals surface area contributed by atoms with Gasteiger partial charge >= 0.3 is 0 Å². The minimum atomic E-state index is -0.321. The average Bonchev–Trinajstić information content (AvgIpc) is 3.47. The minimum absolute atomic E-state index is 0.321. The molecule has 4 heterocycles. The third-order valence-corrected chi connectivity index (χ3v) is 6.93. The standard InChI is InChI=1S/C24H25FN8S/c1-3-18-22(23-28-20(9-12-33(23)30-18)31-13-10-27-11-14-31)32(4-2)24-29-21(19(15-26)34-24)16-5-7-17(25)8-6-16/h5-9,12,27H,3-4,10-11,13-14H2,1-2H3. The third-order valence-electron chi connectivity index (χ3n) is 5.94. The molecular weight excluding hydrogens is 451 g/mol. The molecule has 0 unspecified atom stereocenters. The largest absolute Gasteiger partial charge is 0.354 e.